The standard InChI is InChI=1S/C25H25FN2O4.Na/c1-17-5-4-6-18(2)24(17)21-11-20(12-22(26)13-21)15-31-23-9-7-19(8-10-23)14-28(3)32-25(30)27-16-29;/h4-13,16H,14-15H2,1-3H3,(H,27,29,30);/q;+1/p-1. The van der Waals surface area contributed by atoms with E-state index >= 15 is 0 Å². The molecular weight excluding hydrogens is 434 g/mol. The number of hydrogen-bond donors (Lipinski definition) is 0. The van der Waals surface area contributed by atoms with Gasteiger partial charge in [-0.1, -0.05) is 30.3 Å². The number of carbonyl (C=O) groups is 2. The number of nitrogens with zero attached hydrogens (tertiary/aromatic N) is 2. The molecule has 0 spiro atoms. The number of hydroxylamine groups is 2. The maximum absolute atomic E-state index is 14.3. The molecule has 33 heavy (non-hydrogen) atoms. The molecule has 0 unspecified atom stereocenters. The molecule has 8 heteroatoms. The second kappa shape index (κ2) is 12.5. The van der Waals surface area contributed by atoms with Crippen LogP contribution >= 0.6 is 0 Å². The second-order valence-electron chi connectivity index (χ2n) is 7.43. The largest absolute Gasteiger partial charge is 1.00 e. The van der Waals surface area contributed by atoms with Gasteiger partial charge in [-0.3, -0.25) is 4.79 Å². The Balaban J connectivity index is 0.00000385. The smallest absolute Gasteiger partial charge is 0.561 e. The molecule has 3 rings (SSSR count). The van der Waals surface area contributed by atoms with Crippen molar-refractivity contribution in [2.24, 2.45) is 0 Å². The summed E-state index contributed by atoms with van der Waals surface area (Å²) < 4.78 is 20.1. The van der Waals surface area contributed by atoms with E-state index in [0.717, 1.165) is 33.4 Å². The van der Waals surface area contributed by atoms with Crippen molar-refractivity contribution in [2.75, 3.05) is 7.05 Å². The second-order valence-corrected chi connectivity index (χ2v) is 7.43. The molecule has 0 N–H and O–H groups in total. The minimum absolute atomic E-state index is 0. The van der Waals surface area contributed by atoms with E-state index in [4.69, 9.17) is 9.57 Å². The van der Waals surface area contributed by atoms with Crippen LogP contribution in [0.15, 0.2) is 60.7 Å². The zero-order valence-corrected chi connectivity index (χ0v) is 21.2. The molecule has 0 aliphatic heterocycles. The first kappa shape index (κ1) is 26.5. The molecule has 166 valence electrons. The Kier molecular flexibility index (Phi) is 10.1. The van der Waals surface area contributed by atoms with Crippen molar-refractivity contribution in [3.8, 4) is 16.9 Å². The summed E-state index contributed by atoms with van der Waals surface area (Å²) in [7, 11) is 1.56. The van der Waals surface area contributed by atoms with Crippen LogP contribution in [0.4, 0.5) is 9.18 Å². The number of aryl methyl sites for hydroxylation is 2. The Morgan fingerprint density at radius 1 is 1.03 bits per heavy atom. The summed E-state index contributed by atoms with van der Waals surface area (Å²) in [5, 5.41) is 4.26. The number of carbonyl (C=O) groups excluding carboxylic acids is 2. The van der Waals surface area contributed by atoms with Crippen molar-refractivity contribution in [1.82, 2.24) is 5.06 Å². The number of ether oxygens (including phenoxy) is 1. The van der Waals surface area contributed by atoms with Crippen molar-refractivity contribution in [3.05, 3.63) is 94.1 Å². The predicted molar refractivity (Wildman–Crippen MR) is 119 cm³/mol. The molecule has 0 heterocycles. The van der Waals surface area contributed by atoms with Crippen LogP contribution in [0.2, 0.25) is 0 Å². The summed E-state index contributed by atoms with van der Waals surface area (Å²) >= 11 is 0. The van der Waals surface area contributed by atoms with Gasteiger partial charge in [0.2, 0.25) is 0 Å². The minimum Gasteiger partial charge on any atom is -0.561 e. The monoisotopic (exact) mass is 458 g/mol. The molecule has 0 aliphatic rings. The van der Waals surface area contributed by atoms with E-state index in [0.29, 0.717) is 12.3 Å². The van der Waals surface area contributed by atoms with Gasteiger partial charge in [-0.2, -0.15) is 0 Å². The topological polar surface area (TPSA) is 69.9 Å². The number of amides is 2. The van der Waals surface area contributed by atoms with Crippen LogP contribution in [-0.2, 0) is 22.8 Å². The first-order valence-electron chi connectivity index (χ1n) is 10.0. The van der Waals surface area contributed by atoms with E-state index in [2.05, 4.69) is 5.32 Å². The van der Waals surface area contributed by atoms with Gasteiger partial charge in [0.05, 0.1) is 6.54 Å². The number of benzene rings is 3. The van der Waals surface area contributed by atoms with E-state index < -0.39 is 6.09 Å². The van der Waals surface area contributed by atoms with Gasteiger partial charge in [0, 0.05) is 13.5 Å². The van der Waals surface area contributed by atoms with E-state index in [1.165, 1.54) is 11.1 Å². The Morgan fingerprint density at radius 2 is 1.70 bits per heavy atom. The Morgan fingerprint density at radius 3 is 2.33 bits per heavy atom. The van der Waals surface area contributed by atoms with Gasteiger partial charge in [0.25, 0.3) is 6.09 Å². The maximum Gasteiger partial charge on any atom is 1.00 e. The Bertz CT molecular complexity index is 1090. The molecule has 0 bridgehead atoms. The van der Waals surface area contributed by atoms with Crippen LogP contribution in [-0.4, -0.2) is 24.6 Å². The first-order valence-corrected chi connectivity index (χ1v) is 10.0. The van der Waals surface area contributed by atoms with Gasteiger partial charge in [-0.05, 0) is 77.6 Å². The molecule has 0 saturated heterocycles. The Hall–Kier alpha value is -2.71. The quantitative estimate of drug-likeness (QED) is 0.295. The van der Waals surface area contributed by atoms with Crippen molar-refractivity contribution < 1.29 is 53.1 Å². The fourth-order valence-corrected chi connectivity index (χ4v) is 3.49. The van der Waals surface area contributed by atoms with Crippen LogP contribution in [0.25, 0.3) is 16.4 Å². The summed E-state index contributed by atoms with van der Waals surface area (Å²) in [5.41, 5.74) is 5.64. The third-order valence-electron chi connectivity index (χ3n) is 4.85. The molecule has 0 atom stereocenters. The van der Waals surface area contributed by atoms with Crippen molar-refractivity contribution in [2.45, 2.75) is 27.0 Å². The third kappa shape index (κ3) is 7.68. The zero-order chi connectivity index (χ0) is 23.1. The van der Waals surface area contributed by atoms with Crippen molar-refractivity contribution in [1.29, 1.82) is 0 Å². The first-order chi connectivity index (χ1) is 15.4. The summed E-state index contributed by atoms with van der Waals surface area (Å²) in [6, 6.07) is 18.2. The number of imide groups is 1. The van der Waals surface area contributed by atoms with E-state index in [9.17, 15) is 14.0 Å². The third-order valence-corrected chi connectivity index (χ3v) is 4.85. The Labute approximate surface area is 214 Å². The van der Waals surface area contributed by atoms with Crippen LogP contribution in [0.5, 0.6) is 5.75 Å². The normalized spacial score (nSPS) is 10.3. The summed E-state index contributed by atoms with van der Waals surface area (Å²) in [6.45, 7) is 4.56. The zero-order valence-electron chi connectivity index (χ0n) is 19.2. The van der Waals surface area contributed by atoms with Crippen LogP contribution < -0.4 is 34.3 Å². The fourth-order valence-electron chi connectivity index (χ4n) is 3.49. The molecule has 2 amide bonds. The molecule has 0 fully saturated rings. The predicted octanol–water partition coefficient (Wildman–Crippen LogP) is 2.71. The van der Waals surface area contributed by atoms with Gasteiger partial charge in [0.1, 0.15) is 18.2 Å². The molecule has 0 radical (unpaired) electrons. The van der Waals surface area contributed by atoms with Crippen molar-refractivity contribution >= 4 is 12.5 Å². The maximum atomic E-state index is 14.3. The van der Waals surface area contributed by atoms with Crippen LogP contribution in [0.3, 0.4) is 0 Å². The molecule has 0 aromatic heterocycles. The molecule has 0 saturated carbocycles. The van der Waals surface area contributed by atoms with Gasteiger partial charge < -0.3 is 19.7 Å². The molecule has 6 nitrogen and oxygen atoms in total. The van der Waals surface area contributed by atoms with Gasteiger partial charge in [-0.25, -0.2) is 4.39 Å². The summed E-state index contributed by atoms with van der Waals surface area (Å²) in [5.74, 6) is 0.320. The van der Waals surface area contributed by atoms with E-state index in [1.54, 1.807) is 25.2 Å². The number of rotatable bonds is 8. The number of halogens is 1. The summed E-state index contributed by atoms with van der Waals surface area (Å²) in [6.07, 6.45) is -0.843. The molecule has 3 aromatic carbocycles. The van der Waals surface area contributed by atoms with Gasteiger partial charge in [0.15, 0.2) is 0 Å². The van der Waals surface area contributed by atoms with E-state index in [1.807, 2.05) is 50.2 Å². The van der Waals surface area contributed by atoms with E-state index in [-0.39, 0.29) is 48.4 Å². The fraction of sp³-hybridized carbons (Fsp3) is 0.200. The average Bonchev–Trinajstić information content (AvgIpc) is 2.73. The average molecular weight is 458 g/mol. The molecular formula is C25H24FN2NaO4. The van der Waals surface area contributed by atoms with Gasteiger partial charge in [-0.15, -0.1) is 5.06 Å². The molecule has 3 aromatic rings. The minimum atomic E-state index is -0.974. The van der Waals surface area contributed by atoms with Crippen LogP contribution in [0, 0.1) is 19.7 Å². The SMILES string of the molecule is Cc1cccc(C)c1-c1cc(F)cc(COc2ccc(CN(C)OC(=O)[N-]C=O)cc2)c1.[Na+]. The molecule has 0 aliphatic carbocycles. The van der Waals surface area contributed by atoms with Gasteiger partial charge >= 0.3 is 29.6 Å². The van der Waals surface area contributed by atoms with Crippen LogP contribution in [0.1, 0.15) is 22.3 Å². The van der Waals surface area contributed by atoms with Crippen molar-refractivity contribution in [3.63, 3.8) is 0 Å². The number of hydrogen-bond acceptors (Lipinski definition) is 5. The summed E-state index contributed by atoms with van der Waals surface area (Å²) in [4.78, 5) is 26.2.